The van der Waals surface area contributed by atoms with Gasteiger partial charge in [-0.25, -0.2) is 0 Å². The van der Waals surface area contributed by atoms with Crippen LogP contribution in [0.4, 0.5) is 0 Å². The summed E-state index contributed by atoms with van der Waals surface area (Å²) in [5, 5.41) is 2.99. The van der Waals surface area contributed by atoms with Crippen LogP contribution in [0.2, 0.25) is 0 Å². The minimum Gasteiger partial charge on any atom is -0.481 e. The fourth-order valence-electron chi connectivity index (χ4n) is 2.55. The molecule has 2 rings (SSSR count). The maximum absolute atomic E-state index is 12.2. The monoisotopic (exact) mass is 278 g/mol. The van der Waals surface area contributed by atoms with E-state index in [4.69, 9.17) is 9.47 Å². The first-order valence-corrected chi connectivity index (χ1v) is 7.11. The predicted molar refractivity (Wildman–Crippen MR) is 76.2 cm³/mol. The van der Waals surface area contributed by atoms with Crippen LogP contribution in [-0.4, -0.2) is 31.7 Å². The molecule has 0 unspecified atom stereocenters. The van der Waals surface area contributed by atoms with E-state index in [2.05, 4.69) is 10.3 Å². The van der Waals surface area contributed by atoms with Gasteiger partial charge in [-0.2, -0.15) is 4.98 Å². The third kappa shape index (κ3) is 3.85. The Hall–Kier alpha value is -1.78. The molecule has 1 N–H and O–H groups in total. The number of carbonyl (C=O) groups excluding carboxylic acids is 1. The molecule has 0 bridgehead atoms. The van der Waals surface area contributed by atoms with Gasteiger partial charge >= 0.3 is 0 Å². The Kier molecular flexibility index (Phi) is 5.21. The van der Waals surface area contributed by atoms with Crippen molar-refractivity contribution in [2.75, 3.05) is 20.8 Å². The van der Waals surface area contributed by atoms with E-state index in [1.165, 1.54) is 46.3 Å². The summed E-state index contributed by atoms with van der Waals surface area (Å²) in [6.45, 7) is 0.742. The molecule has 0 radical (unpaired) electrons. The van der Waals surface area contributed by atoms with Gasteiger partial charge in [0.2, 0.25) is 11.8 Å². The van der Waals surface area contributed by atoms with E-state index in [1.54, 1.807) is 12.1 Å². The molecule has 0 aliphatic heterocycles. The maximum Gasteiger partial charge on any atom is 0.251 e. The van der Waals surface area contributed by atoms with Crippen molar-refractivity contribution < 1.29 is 14.3 Å². The van der Waals surface area contributed by atoms with Crippen molar-refractivity contribution in [2.24, 2.45) is 5.92 Å². The first kappa shape index (κ1) is 14.6. The number of nitrogens with one attached hydrogen (secondary N) is 1. The Balaban J connectivity index is 1.97. The number of rotatable bonds is 5. The van der Waals surface area contributed by atoms with E-state index < -0.39 is 0 Å². The number of carbonyl (C=O) groups is 1. The van der Waals surface area contributed by atoms with Gasteiger partial charge in [-0.15, -0.1) is 0 Å². The number of amides is 1. The van der Waals surface area contributed by atoms with Crippen molar-refractivity contribution in [1.82, 2.24) is 10.3 Å². The molecule has 0 atom stereocenters. The molecule has 20 heavy (non-hydrogen) atoms. The second kappa shape index (κ2) is 7.12. The van der Waals surface area contributed by atoms with Gasteiger partial charge in [0, 0.05) is 18.7 Å². The normalized spacial score (nSPS) is 15.7. The van der Waals surface area contributed by atoms with Crippen LogP contribution in [0.15, 0.2) is 12.1 Å². The number of ether oxygens (including phenoxy) is 2. The molecule has 1 aliphatic rings. The average Bonchev–Trinajstić information content (AvgIpc) is 2.52. The van der Waals surface area contributed by atoms with Gasteiger partial charge in [-0.05, 0) is 18.8 Å². The number of aromatic nitrogens is 1. The van der Waals surface area contributed by atoms with Gasteiger partial charge in [0.15, 0.2) is 0 Å². The van der Waals surface area contributed by atoms with Crippen molar-refractivity contribution in [3.63, 3.8) is 0 Å². The van der Waals surface area contributed by atoms with Gasteiger partial charge < -0.3 is 14.8 Å². The van der Waals surface area contributed by atoms with E-state index in [0.717, 1.165) is 6.54 Å². The zero-order chi connectivity index (χ0) is 14.4. The van der Waals surface area contributed by atoms with Crippen molar-refractivity contribution in [2.45, 2.75) is 32.1 Å². The minimum atomic E-state index is -0.102. The molecule has 1 saturated carbocycles. The first-order valence-electron chi connectivity index (χ1n) is 7.11. The summed E-state index contributed by atoms with van der Waals surface area (Å²) in [6, 6.07) is 3.25. The fraction of sp³-hybridized carbons (Fsp3) is 0.600. The van der Waals surface area contributed by atoms with E-state index in [1.807, 2.05) is 0 Å². The van der Waals surface area contributed by atoms with Crippen molar-refractivity contribution >= 4 is 5.91 Å². The Labute approximate surface area is 119 Å². The van der Waals surface area contributed by atoms with Gasteiger partial charge in [0.1, 0.15) is 0 Å². The summed E-state index contributed by atoms with van der Waals surface area (Å²) in [5.74, 6) is 1.27. The minimum absolute atomic E-state index is 0.102. The molecule has 5 heteroatoms. The van der Waals surface area contributed by atoms with Crippen LogP contribution in [0, 0.1) is 5.92 Å². The highest BCUT2D eigenvalue weighted by Crippen LogP contribution is 2.23. The summed E-state index contributed by atoms with van der Waals surface area (Å²) in [5.41, 5.74) is 0.518. The van der Waals surface area contributed by atoms with E-state index in [9.17, 15) is 4.79 Å². The van der Waals surface area contributed by atoms with Crippen LogP contribution in [0.1, 0.15) is 42.5 Å². The largest absolute Gasteiger partial charge is 0.481 e. The lowest BCUT2D eigenvalue weighted by Gasteiger charge is -2.21. The summed E-state index contributed by atoms with van der Waals surface area (Å²) < 4.78 is 10.1. The topological polar surface area (TPSA) is 60.5 Å². The average molecular weight is 278 g/mol. The Morgan fingerprint density at radius 2 is 1.80 bits per heavy atom. The van der Waals surface area contributed by atoms with Crippen molar-refractivity contribution in [1.29, 1.82) is 0 Å². The summed E-state index contributed by atoms with van der Waals surface area (Å²) >= 11 is 0. The third-order valence-electron chi connectivity index (χ3n) is 3.73. The Morgan fingerprint density at radius 3 is 2.35 bits per heavy atom. The Morgan fingerprint density at radius 1 is 1.20 bits per heavy atom. The molecule has 1 fully saturated rings. The lowest BCUT2D eigenvalue weighted by molar-refractivity contribution is 0.0942. The van der Waals surface area contributed by atoms with Crippen LogP contribution in [0.3, 0.4) is 0 Å². The van der Waals surface area contributed by atoms with Crippen molar-refractivity contribution in [3.8, 4) is 11.8 Å². The van der Waals surface area contributed by atoms with Gasteiger partial charge in [-0.3, -0.25) is 4.79 Å². The molecule has 1 aromatic rings. The molecular weight excluding hydrogens is 256 g/mol. The van der Waals surface area contributed by atoms with Gasteiger partial charge in [0.05, 0.1) is 19.8 Å². The van der Waals surface area contributed by atoms with Crippen LogP contribution >= 0.6 is 0 Å². The molecule has 1 amide bonds. The fourth-order valence-corrected chi connectivity index (χ4v) is 2.55. The van der Waals surface area contributed by atoms with Crippen molar-refractivity contribution in [3.05, 3.63) is 17.7 Å². The van der Waals surface area contributed by atoms with Crippen LogP contribution in [0.25, 0.3) is 0 Å². The zero-order valence-electron chi connectivity index (χ0n) is 12.1. The molecule has 1 aromatic heterocycles. The standard InChI is InChI=1S/C15H22N2O3/c1-19-13-8-12(9-14(17-13)20-2)15(18)16-10-11-6-4-3-5-7-11/h8-9,11H,3-7,10H2,1-2H3,(H,16,18). The Bertz CT molecular complexity index is 434. The molecule has 110 valence electrons. The van der Waals surface area contributed by atoms with E-state index in [0.29, 0.717) is 23.2 Å². The van der Waals surface area contributed by atoms with Crippen LogP contribution in [0.5, 0.6) is 11.8 Å². The number of hydrogen-bond donors (Lipinski definition) is 1. The summed E-state index contributed by atoms with van der Waals surface area (Å²) in [6.07, 6.45) is 6.30. The molecular formula is C15H22N2O3. The lowest BCUT2D eigenvalue weighted by atomic mass is 9.89. The summed E-state index contributed by atoms with van der Waals surface area (Å²) in [4.78, 5) is 16.3. The molecule has 0 spiro atoms. The molecule has 0 aromatic carbocycles. The smallest absolute Gasteiger partial charge is 0.251 e. The zero-order valence-corrected chi connectivity index (χ0v) is 12.1. The highest BCUT2D eigenvalue weighted by Gasteiger charge is 2.16. The van der Waals surface area contributed by atoms with Crippen LogP contribution < -0.4 is 14.8 Å². The quantitative estimate of drug-likeness (QED) is 0.898. The first-order chi connectivity index (χ1) is 9.72. The highest BCUT2D eigenvalue weighted by molar-refractivity contribution is 5.94. The second-order valence-electron chi connectivity index (χ2n) is 5.15. The predicted octanol–water partition coefficient (Wildman–Crippen LogP) is 2.41. The lowest BCUT2D eigenvalue weighted by Crippen LogP contribution is -2.30. The number of hydrogen-bond acceptors (Lipinski definition) is 4. The molecule has 1 heterocycles. The van der Waals surface area contributed by atoms with Gasteiger partial charge in [0.25, 0.3) is 5.91 Å². The number of pyridine rings is 1. The SMILES string of the molecule is COc1cc(C(=O)NCC2CCCCC2)cc(OC)n1. The maximum atomic E-state index is 12.2. The highest BCUT2D eigenvalue weighted by atomic mass is 16.5. The molecule has 5 nitrogen and oxygen atoms in total. The molecule has 0 saturated heterocycles. The second-order valence-corrected chi connectivity index (χ2v) is 5.15. The number of methoxy groups -OCH3 is 2. The van der Waals surface area contributed by atoms with Crippen LogP contribution in [-0.2, 0) is 0 Å². The third-order valence-corrected chi connectivity index (χ3v) is 3.73. The van der Waals surface area contributed by atoms with E-state index in [-0.39, 0.29) is 5.91 Å². The molecule has 1 aliphatic carbocycles. The summed E-state index contributed by atoms with van der Waals surface area (Å²) in [7, 11) is 3.04. The van der Waals surface area contributed by atoms with E-state index >= 15 is 0 Å². The number of nitrogens with zero attached hydrogens (tertiary/aromatic N) is 1. The van der Waals surface area contributed by atoms with Gasteiger partial charge in [-0.1, -0.05) is 19.3 Å².